The van der Waals surface area contributed by atoms with Crippen molar-refractivity contribution in [3.05, 3.63) is 90.3 Å². The molecule has 1 aromatic heterocycles. The molecule has 3 aromatic carbocycles. The Morgan fingerprint density at radius 3 is 2.14 bits per heavy atom. The van der Waals surface area contributed by atoms with Crippen LogP contribution in [0.2, 0.25) is 0 Å². The van der Waals surface area contributed by atoms with Gasteiger partial charge in [0.1, 0.15) is 6.33 Å². The highest BCUT2D eigenvalue weighted by Gasteiger charge is 2.12. The van der Waals surface area contributed by atoms with Gasteiger partial charge in [0.15, 0.2) is 5.82 Å². The summed E-state index contributed by atoms with van der Waals surface area (Å²) in [4.78, 5) is 28.9. The highest BCUT2D eigenvalue weighted by atomic mass is 16.2. The second-order valence-corrected chi connectivity index (χ2v) is 8.20. The van der Waals surface area contributed by atoms with Crippen LogP contribution < -0.4 is 16.0 Å². The molecule has 0 saturated carbocycles. The van der Waals surface area contributed by atoms with Gasteiger partial charge >= 0.3 is 12.1 Å². The molecular weight excluding hydrogens is 452 g/mol. The smallest absolute Gasteiger partial charge is 0.308 e. The van der Waals surface area contributed by atoms with E-state index in [1.54, 1.807) is 29.2 Å². The number of amides is 4. The molecule has 0 bridgehead atoms. The zero-order chi connectivity index (χ0) is 26.1. The number of rotatable bonds is 5. The zero-order valence-corrected chi connectivity index (χ0v) is 21.2. The fourth-order valence-corrected chi connectivity index (χ4v) is 3.45. The third-order valence-electron chi connectivity index (χ3n) is 5.25. The van der Waals surface area contributed by atoms with Crippen molar-refractivity contribution in [1.29, 1.82) is 0 Å². The van der Waals surface area contributed by atoms with Crippen LogP contribution in [0.3, 0.4) is 0 Å². The summed E-state index contributed by atoms with van der Waals surface area (Å²) in [6.07, 6.45) is 1.66. The van der Waals surface area contributed by atoms with Crippen molar-refractivity contribution in [3.8, 4) is 17.1 Å². The SMILES string of the molecule is CC.Cc1ccc(-n2cnc(-c3ccc(NC(=O)NC(=O)Nc4ccccc4C(C)C)cc3)n2)cc1. The number of hydrogen-bond donors (Lipinski definition) is 3. The van der Waals surface area contributed by atoms with E-state index in [1.807, 2.05) is 89.2 Å². The third-order valence-corrected chi connectivity index (χ3v) is 5.25. The zero-order valence-electron chi connectivity index (χ0n) is 21.2. The summed E-state index contributed by atoms with van der Waals surface area (Å²) in [5.74, 6) is 0.807. The van der Waals surface area contributed by atoms with Crippen molar-refractivity contribution < 1.29 is 9.59 Å². The highest BCUT2D eigenvalue weighted by Crippen LogP contribution is 2.23. The van der Waals surface area contributed by atoms with Crippen molar-refractivity contribution in [3.63, 3.8) is 0 Å². The minimum absolute atomic E-state index is 0.238. The van der Waals surface area contributed by atoms with E-state index in [-0.39, 0.29) is 5.92 Å². The van der Waals surface area contributed by atoms with Crippen LogP contribution in [0.4, 0.5) is 21.0 Å². The summed E-state index contributed by atoms with van der Waals surface area (Å²) in [7, 11) is 0. The van der Waals surface area contributed by atoms with Gasteiger partial charge in [0, 0.05) is 16.9 Å². The number of imide groups is 1. The number of para-hydroxylation sites is 1. The van der Waals surface area contributed by atoms with E-state index in [1.165, 1.54) is 5.56 Å². The van der Waals surface area contributed by atoms with Crippen LogP contribution in [-0.2, 0) is 0 Å². The standard InChI is InChI=1S/C26H26N6O2.C2H6/c1-17(2)22-6-4-5-7-23(22)29-26(34)30-25(33)28-20-12-10-19(11-13-20)24-27-16-32(31-24)21-14-8-18(3)9-15-21;1-2/h4-17H,1-3H3,(H3,28,29,30,33,34);1-2H3. The minimum Gasteiger partial charge on any atom is -0.308 e. The van der Waals surface area contributed by atoms with Crippen molar-refractivity contribution in [1.82, 2.24) is 20.1 Å². The van der Waals surface area contributed by atoms with Gasteiger partial charge in [-0.1, -0.05) is 63.6 Å². The predicted octanol–water partition coefficient (Wildman–Crippen LogP) is 6.75. The predicted molar refractivity (Wildman–Crippen MR) is 145 cm³/mol. The molecule has 3 N–H and O–H groups in total. The summed E-state index contributed by atoms with van der Waals surface area (Å²) in [5.41, 5.74) is 5.11. The van der Waals surface area contributed by atoms with Gasteiger partial charge in [0.2, 0.25) is 0 Å². The van der Waals surface area contributed by atoms with Gasteiger partial charge in [0.05, 0.1) is 5.69 Å². The first-order valence-electron chi connectivity index (χ1n) is 12.0. The lowest BCUT2D eigenvalue weighted by Gasteiger charge is -2.14. The Morgan fingerprint density at radius 2 is 1.47 bits per heavy atom. The van der Waals surface area contributed by atoms with Crippen LogP contribution in [0.5, 0.6) is 0 Å². The van der Waals surface area contributed by atoms with E-state index in [0.29, 0.717) is 17.2 Å². The number of urea groups is 2. The number of aryl methyl sites for hydroxylation is 1. The first kappa shape index (κ1) is 26.2. The van der Waals surface area contributed by atoms with E-state index in [9.17, 15) is 9.59 Å². The van der Waals surface area contributed by atoms with Crippen molar-refractivity contribution in [2.75, 3.05) is 10.6 Å². The molecule has 4 rings (SSSR count). The molecule has 0 saturated heterocycles. The van der Waals surface area contributed by atoms with Gasteiger partial charge in [-0.2, -0.15) is 0 Å². The van der Waals surface area contributed by atoms with Crippen LogP contribution in [0.15, 0.2) is 79.1 Å². The van der Waals surface area contributed by atoms with E-state index < -0.39 is 12.1 Å². The number of benzene rings is 3. The number of nitrogens with zero attached hydrogens (tertiary/aromatic N) is 3. The highest BCUT2D eigenvalue weighted by molar-refractivity contribution is 6.05. The average molecular weight is 485 g/mol. The van der Waals surface area contributed by atoms with Crippen molar-refractivity contribution in [2.24, 2.45) is 0 Å². The number of aromatic nitrogens is 3. The first-order chi connectivity index (χ1) is 17.4. The summed E-state index contributed by atoms with van der Waals surface area (Å²) in [6.45, 7) is 10.1. The first-order valence-corrected chi connectivity index (χ1v) is 12.0. The number of nitrogens with one attached hydrogen (secondary N) is 3. The van der Waals surface area contributed by atoms with E-state index in [2.05, 4.69) is 26.0 Å². The molecule has 0 aliphatic heterocycles. The molecule has 0 radical (unpaired) electrons. The monoisotopic (exact) mass is 484 g/mol. The fraction of sp³-hybridized carbons (Fsp3) is 0.214. The maximum Gasteiger partial charge on any atom is 0.327 e. The van der Waals surface area contributed by atoms with Gasteiger partial charge in [-0.05, 0) is 60.9 Å². The lowest BCUT2D eigenvalue weighted by molar-refractivity contribution is 0.240. The average Bonchev–Trinajstić information content (AvgIpc) is 3.36. The summed E-state index contributed by atoms with van der Waals surface area (Å²) < 4.78 is 1.71. The molecule has 0 spiro atoms. The minimum atomic E-state index is -0.631. The molecule has 8 nitrogen and oxygen atoms in total. The number of hydrogen-bond acceptors (Lipinski definition) is 4. The molecule has 1 heterocycles. The molecule has 36 heavy (non-hydrogen) atoms. The number of anilines is 2. The van der Waals surface area contributed by atoms with Crippen molar-refractivity contribution in [2.45, 2.75) is 40.5 Å². The Hall–Kier alpha value is -4.46. The Bertz CT molecular complexity index is 1290. The molecule has 0 aliphatic carbocycles. The molecule has 0 atom stereocenters. The second-order valence-electron chi connectivity index (χ2n) is 8.20. The Kier molecular flexibility index (Phi) is 8.94. The quantitative estimate of drug-likeness (QED) is 0.292. The van der Waals surface area contributed by atoms with Crippen LogP contribution in [-0.4, -0.2) is 26.8 Å². The van der Waals surface area contributed by atoms with Gasteiger partial charge in [-0.25, -0.2) is 19.3 Å². The number of carbonyl (C=O) groups is 2. The van der Waals surface area contributed by atoms with Crippen LogP contribution >= 0.6 is 0 Å². The van der Waals surface area contributed by atoms with Crippen molar-refractivity contribution >= 4 is 23.4 Å². The van der Waals surface area contributed by atoms with E-state index in [4.69, 9.17) is 0 Å². The maximum atomic E-state index is 12.3. The topological polar surface area (TPSA) is 101 Å². The molecule has 186 valence electrons. The molecule has 4 aromatic rings. The molecule has 0 fully saturated rings. The Balaban J connectivity index is 0.00000176. The third kappa shape index (κ3) is 6.79. The van der Waals surface area contributed by atoms with Gasteiger partial charge < -0.3 is 10.6 Å². The maximum absolute atomic E-state index is 12.3. The van der Waals surface area contributed by atoms with Crippen LogP contribution in [0.1, 0.15) is 44.7 Å². The van der Waals surface area contributed by atoms with Gasteiger partial charge in [-0.15, -0.1) is 5.10 Å². The van der Waals surface area contributed by atoms with E-state index >= 15 is 0 Å². The molecule has 8 heteroatoms. The van der Waals surface area contributed by atoms with Gasteiger partial charge in [0.25, 0.3) is 0 Å². The van der Waals surface area contributed by atoms with Gasteiger partial charge in [-0.3, -0.25) is 5.32 Å². The Morgan fingerprint density at radius 1 is 0.833 bits per heavy atom. The lowest BCUT2D eigenvalue weighted by Crippen LogP contribution is -2.37. The summed E-state index contributed by atoms with van der Waals surface area (Å²) in [6, 6.07) is 21.3. The molecule has 4 amide bonds. The lowest BCUT2D eigenvalue weighted by atomic mass is 10.0. The largest absolute Gasteiger partial charge is 0.327 e. The van der Waals surface area contributed by atoms with Crippen LogP contribution in [0.25, 0.3) is 17.1 Å². The fourth-order valence-electron chi connectivity index (χ4n) is 3.45. The Labute approximate surface area is 211 Å². The molecule has 0 unspecified atom stereocenters. The second kappa shape index (κ2) is 12.3. The molecule has 0 aliphatic rings. The summed E-state index contributed by atoms with van der Waals surface area (Å²) >= 11 is 0. The summed E-state index contributed by atoms with van der Waals surface area (Å²) in [5, 5.41) is 12.2. The number of carbonyl (C=O) groups excluding carboxylic acids is 2. The van der Waals surface area contributed by atoms with E-state index in [0.717, 1.165) is 16.8 Å². The normalized spacial score (nSPS) is 10.3. The van der Waals surface area contributed by atoms with Crippen LogP contribution in [0, 0.1) is 6.92 Å². The molecular formula is C28H32N6O2.